The number of nitrogens with one attached hydrogen (secondary N) is 1. The summed E-state index contributed by atoms with van der Waals surface area (Å²) < 4.78 is 0. The van der Waals surface area contributed by atoms with Crippen LogP contribution < -0.4 is 5.32 Å². The standard InChI is InChI=1S/C12H24N2/c1-4-12(5-1)6-11-14-9-2-7-13-8-3-10-14/h12-13H,1-11H2. The maximum Gasteiger partial charge on any atom is -0.000663 e. The van der Waals surface area contributed by atoms with Crippen LogP contribution in [0.25, 0.3) is 0 Å². The van der Waals surface area contributed by atoms with Gasteiger partial charge in [0, 0.05) is 0 Å². The molecule has 2 nitrogen and oxygen atoms in total. The molecule has 1 saturated carbocycles. The minimum atomic E-state index is 1.08. The summed E-state index contributed by atoms with van der Waals surface area (Å²) in [6, 6.07) is 0. The van der Waals surface area contributed by atoms with Crippen LogP contribution in [0.4, 0.5) is 0 Å². The van der Waals surface area contributed by atoms with Crippen molar-refractivity contribution >= 4 is 0 Å². The van der Waals surface area contributed by atoms with Gasteiger partial charge in [0.05, 0.1) is 0 Å². The third-order valence-electron chi connectivity index (χ3n) is 3.73. The molecule has 2 rings (SSSR count). The fraction of sp³-hybridized carbons (Fsp3) is 1.00. The van der Waals surface area contributed by atoms with Gasteiger partial charge < -0.3 is 10.2 Å². The number of hydrogen-bond donors (Lipinski definition) is 1. The van der Waals surface area contributed by atoms with Crippen LogP contribution in [0.1, 0.15) is 38.5 Å². The minimum Gasteiger partial charge on any atom is -0.317 e. The molecular formula is C12H24N2. The maximum absolute atomic E-state index is 3.47. The number of hydrogen-bond acceptors (Lipinski definition) is 2. The summed E-state index contributed by atoms with van der Waals surface area (Å²) in [5, 5.41) is 3.47. The van der Waals surface area contributed by atoms with E-state index >= 15 is 0 Å². The van der Waals surface area contributed by atoms with E-state index in [2.05, 4.69) is 10.2 Å². The molecule has 0 bridgehead atoms. The largest absolute Gasteiger partial charge is 0.317 e. The second-order valence-corrected chi connectivity index (χ2v) is 4.88. The molecule has 1 aliphatic heterocycles. The van der Waals surface area contributed by atoms with Crippen molar-refractivity contribution in [2.24, 2.45) is 5.92 Å². The van der Waals surface area contributed by atoms with Gasteiger partial charge in [0.25, 0.3) is 0 Å². The van der Waals surface area contributed by atoms with Gasteiger partial charge in [-0.25, -0.2) is 0 Å². The van der Waals surface area contributed by atoms with Gasteiger partial charge in [0.15, 0.2) is 0 Å². The molecule has 1 saturated heterocycles. The highest BCUT2D eigenvalue weighted by molar-refractivity contribution is 4.72. The Bertz CT molecular complexity index is 146. The SMILES string of the molecule is C1CC(CCN2CCCNCCC2)C1. The second-order valence-electron chi connectivity index (χ2n) is 4.88. The van der Waals surface area contributed by atoms with E-state index in [1.807, 2.05) is 0 Å². The highest BCUT2D eigenvalue weighted by atomic mass is 15.1. The van der Waals surface area contributed by atoms with Gasteiger partial charge in [0.2, 0.25) is 0 Å². The van der Waals surface area contributed by atoms with Crippen LogP contribution in [-0.4, -0.2) is 37.6 Å². The van der Waals surface area contributed by atoms with Crippen molar-refractivity contribution in [3.8, 4) is 0 Å². The highest BCUT2D eigenvalue weighted by Crippen LogP contribution is 2.29. The lowest BCUT2D eigenvalue weighted by atomic mass is 9.83. The molecular weight excluding hydrogens is 172 g/mol. The van der Waals surface area contributed by atoms with Crippen molar-refractivity contribution in [1.29, 1.82) is 0 Å². The van der Waals surface area contributed by atoms with Gasteiger partial charge in [-0.2, -0.15) is 0 Å². The first-order valence-electron chi connectivity index (χ1n) is 6.38. The van der Waals surface area contributed by atoms with E-state index in [0.29, 0.717) is 0 Å². The molecule has 0 aromatic rings. The van der Waals surface area contributed by atoms with E-state index < -0.39 is 0 Å². The van der Waals surface area contributed by atoms with E-state index in [4.69, 9.17) is 0 Å². The van der Waals surface area contributed by atoms with E-state index in [9.17, 15) is 0 Å². The molecule has 14 heavy (non-hydrogen) atoms. The second kappa shape index (κ2) is 5.72. The average molecular weight is 196 g/mol. The summed E-state index contributed by atoms with van der Waals surface area (Å²) in [5.74, 6) is 1.08. The molecule has 0 aromatic carbocycles. The van der Waals surface area contributed by atoms with Crippen LogP contribution in [-0.2, 0) is 0 Å². The predicted octanol–water partition coefficient (Wildman–Crippen LogP) is 1.86. The van der Waals surface area contributed by atoms with Crippen LogP contribution in [0.3, 0.4) is 0 Å². The summed E-state index contributed by atoms with van der Waals surface area (Å²) >= 11 is 0. The Labute approximate surface area is 88.1 Å². The Hall–Kier alpha value is -0.0800. The van der Waals surface area contributed by atoms with Crippen molar-refractivity contribution in [2.45, 2.75) is 38.5 Å². The van der Waals surface area contributed by atoms with Crippen molar-refractivity contribution in [2.75, 3.05) is 32.7 Å². The summed E-state index contributed by atoms with van der Waals surface area (Å²) in [6.07, 6.45) is 8.65. The molecule has 1 aliphatic carbocycles. The van der Waals surface area contributed by atoms with Gasteiger partial charge in [-0.1, -0.05) is 19.3 Å². The molecule has 2 heteroatoms. The lowest BCUT2D eigenvalue weighted by molar-refractivity contribution is 0.203. The van der Waals surface area contributed by atoms with Crippen LogP contribution >= 0.6 is 0 Å². The van der Waals surface area contributed by atoms with E-state index in [0.717, 1.165) is 5.92 Å². The Balaban J connectivity index is 1.61. The molecule has 1 heterocycles. The molecule has 0 atom stereocenters. The molecule has 2 aliphatic rings. The molecule has 0 amide bonds. The van der Waals surface area contributed by atoms with Crippen molar-refractivity contribution in [3.63, 3.8) is 0 Å². The third kappa shape index (κ3) is 3.25. The van der Waals surface area contributed by atoms with Gasteiger partial charge in [-0.05, 0) is 57.9 Å². The van der Waals surface area contributed by atoms with Gasteiger partial charge in [-0.15, -0.1) is 0 Å². The highest BCUT2D eigenvalue weighted by Gasteiger charge is 2.18. The predicted molar refractivity (Wildman–Crippen MR) is 60.5 cm³/mol. The van der Waals surface area contributed by atoms with Gasteiger partial charge >= 0.3 is 0 Å². The van der Waals surface area contributed by atoms with Gasteiger partial charge in [0.1, 0.15) is 0 Å². The first kappa shape index (κ1) is 10.4. The molecule has 0 radical (unpaired) electrons. The van der Waals surface area contributed by atoms with Crippen molar-refractivity contribution in [1.82, 2.24) is 10.2 Å². The monoisotopic (exact) mass is 196 g/mol. The zero-order chi connectivity index (χ0) is 9.64. The Morgan fingerprint density at radius 2 is 1.71 bits per heavy atom. The molecule has 2 fully saturated rings. The fourth-order valence-corrected chi connectivity index (χ4v) is 2.46. The van der Waals surface area contributed by atoms with Crippen LogP contribution in [0.5, 0.6) is 0 Å². The van der Waals surface area contributed by atoms with E-state index in [1.54, 1.807) is 0 Å². The number of rotatable bonds is 3. The average Bonchev–Trinajstić information content (AvgIpc) is 2.05. The van der Waals surface area contributed by atoms with Crippen molar-refractivity contribution < 1.29 is 0 Å². The lowest BCUT2D eigenvalue weighted by Crippen LogP contribution is -2.35. The van der Waals surface area contributed by atoms with Crippen molar-refractivity contribution in [3.05, 3.63) is 0 Å². The molecule has 82 valence electrons. The Morgan fingerprint density at radius 3 is 2.29 bits per heavy atom. The summed E-state index contributed by atoms with van der Waals surface area (Å²) in [7, 11) is 0. The van der Waals surface area contributed by atoms with Crippen LogP contribution in [0, 0.1) is 5.92 Å². The first-order chi connectivity index (χ1) is 6.95. The topological polar surface area (TPSA) is 15.3 Å². The Morgan fingerprint density at radius 1 is 1.00 bits per heavy atom. The number of nitrogens with zero attached hydrogens (tertiary/aromatic N) is 1. The summed E-state index contributed by atoms with van der Waals surface area (Å²) in [4.78, 5) is 2.68. The quantitative estimate of drug-likeness (QED) is 0.741. The molecule has 0 unspecified atom stereocenters. The lowest BCUT2D eigenvalue weighted by Gasteiger charge is -2.30. The molecule has 0 aromatic heterocycles. The zero-order valence-corrected chi connectivity index (χ0v) is 9.30. The Kier molecular flexibility index (Phi) is 4.26. The summed E-state index contributed by atoms with van der Waals surface area (Å²) in [6.45, 7) is 6.45. The summed E-state index contributed by atoms with van der Waals surface area (Å²) in [5.41, 5.74) is 0. The van der Waals surface area contributed by atoms with Crippen LogP contribution in [0.2, 0.25) is 0 Å². The maximum atomic E-state index is 3.47. The van der Waals surface area contributed by atoms with Gasteiger partial charge in [-0.3, -0.25) is 0 Å². The third-order valence-corrected chi connectivity index (χ3v) is 3.73. The zero-order valence-electron chi connectivity index (χ0n) is 9.30. The molecule has 0 spiro atoms. The molecule has 1 N–H and O–H groups in total. The smallest absolute Gasteiger partial charge is 0.000663 e. The van der Waals surface area contributed by atoms with E-state index in [1.165, 1.54) is 71.2 Å². The normalized spacial score (nSPS) is 26.6. The first-order valence-corrected chi connectivity index (χ1v) is 6.38. The fourth-order valence-electron chi connectivity index (χ4n) is 2.46. The van der Waals surface area contributed by atoms with Crippen LogP contribution in [0.15, 0.2) is 0 Å². The van der Waals surface area contributed by atoms with E-state index in [-0.39, 0.29) is 0 Å². The minimum absolute atomic E-state index is 1.08.